The molecule has 2 atom stereocenters. The molecule has 0 fully saturated rings. The first-order chi connectivity index (χ1) is 22.6. The normalized spacial score (nSPS) is 14.1. The molecule has 8 nitrogen and oxygen atoms in total. The van der Waals surface area contributed by atoms with Crippen molar-refractivity contribution in [1.29, 1.82) is 0 Å². The van der Waals surface area contributed by atoms with Crippen molar-refractivity contribution in [2.24, 2.45) is 0 Å². The number of unbranched alkanes of at least 4 members (excludes halogenated alkanes) is 20. The second-order valence-electron chi connectivity index (χ2n) is 14.3. The quantitative estimate of drug-likeness (QED) is 0.0212. The van der Waals surface area contributed by atoms with Gasteiger partial charge in [-0.05, 0) is 38.5 Å². The first kappa shape index (κ1) is 46.2. The van der Waals surface area contributed by atoms with E-state index < -0.39 is 13.9 Å². The van der Waals surface area contributed by atoms with Gasteiger partial charge in [0.15, 0.2) is 0 Å². The molecular weight excluding hydrogens is 613 g/mol. The number of nitrogens with zero attached hydrogens (tertiary/aromatic N) is 1. The average molecular weight is 690 g/mol. The molecular formula is C38H76NO7P. The number of hydrogen-bond acceptors (Lipinski definition) is 7. The van der Waals surface area contributed by atoms with Crippen LogP contribution >= 0.6 is 7.82 Å². The summed E-state index contributed by atoms with van der Waals surface area (Å²) in [5.74, 6) is -0.336. The Morgan fingerprint density at radius 1 is 0.638 bits per heavy atom. The summed E-state index contributed by atoms with van der Waals surface area (Å²) in [7, 11) is 1.36. The van der Waals surface area contributed by atoms with Crippen LogP contribution in [-0.2, 0) is 27.9 Å². The molecule has 0 aliphatic rings. The zero-order valence-corrected chi connectivity index (χ0v) is 32.4. The highest BCUT2D eigenvalue weighted by molar-refractivity contribution is 7.45. The zero-order valence-electron chi connectivity index (χ0n) is 31.5. The summed E-state index contributed by atoms with van der Waals surface area (Å²) in [6.45, 7) is 5.38. The van der Waals surface area contributed by atoms with Gasteiger partial charge in [-0.25, -0.2) is 0 Å². The van der Waals surface area contributed by atoms with Crippen LogP contribution < -0.4 is 4.89 Å². The van der Waals surface area contributed by atoms with Gasteiger partial charge in [0, 0.05) is 13.0 Å². The van der Waals surface area contributed by atoms with Gasteiger partial charge >= 0.3 is 5.97 Å². The van der Waals surface area contributed by atoms with E-state index in [9.17, 15) is 14.3 Å². The molecule has 0 aromatic carbocycles. The predicted molar refractivity (Wildman–Crippen MR) is 194 cm³/mol. The highest BCUT2D eigenvalue weighted by Crippen LogP contribution is 2.38. The summed E-state index contributed by atoms with van der Waals surface area (Å²) < 4.78 is 34.4. The highest BCUT2D eigenvalue weighted by Gasteiger charge is 2.20. The van der Waals surface area contributed by atoms with Crippen LogP contribution in [0.15, 0.2) is 12.2 Å². The molecule has 0 aromatic heterocycles. The van der Waals surface area contributed by atoms with E-state index in [0.717, 1.165) is 32.1 Å². The van der Waals surface area contributed by atoms with Gasteiger partial charge in [0.05, 0.1) is 34.4 Å². The third kappa shape index (κ3) is 36.3. The lowest BCUT2D eigenvalue weighted by Gasteiger charge is -2.28. The molecule has 0 saturated carbocycles. The van der Waals surface area contributed by atoms with Crippen LogP contribution in [0.5, 0.6) is 0 Å². The fraction of sp³-hybridized carbons (Fsp3) is 0.921. The van der Waals surface area contributed by atoms with E-state index in [4.69, 9.17) is 18.5 Å². The van der Waals surface area contributed by atoms with Crippen LogP contribution in [0.1, 0.15) is 168 Å². The number of allylic oxidation sites excluding steroid dienone is 2. The Morgan fingerprint density at radius 2 is 1.11 bits per heavy atom. The summed E-state index contributed by atoms with van der Waals surface area (Å²) in [5.41, 5.74) is 0. The van der Waals surface area contributed by atoms with Gasteiger partial charge in [0.25, 0.3) is 7.82 Å². The largest absolute Gasteiger partial charge is 0.756 e. The molecule has 2 unspecified atom stereocenters. The smallest absolute Gasteiger partial charge is 0.306 e. The Kier molecular flexibility index (Phi) is 31.9. The number of rotatable bonds is 36. The Labute approximate surface area is 290 Å². The van der Waals surface area contributed by atoms with E-state index in [0.29, 0.717) is 24.1 Å². The third-order valence-electron chi connectivity index (χ3n) is 8.32. The Hall–Kier alpha value is -0.760. The van der Waals surface area contributed by atoms with Crippen LogP contribution in [0.3, 0.4) is 0 Å². The maximum atomic E-state index is 12.6. The number of ether oxygens (including phenoxy) is 2. The van der Waals surface area contributed by atoms with Crippen LogP contribution in [0.4, 0.5) is 0 Å². The van der Waals surface area contributed by atoms with Gasteiger partial charge in [0.2, 0.25) is 0 Å². The Balaban J connectivity index is 4.29. The van der Waals surface area contributed by atoms with Crippen molar-refractivity contribution in [1.82, 2.24) is 0 Å². The summed E-state index contributed by atoms with van der Waals surface area (Å²) in [5, 5.41) is 0. The molecule has 0 radical (unpaired) electrons. The van der Waals surface area contributed by atoms with Crippen molar-refractivity contribution in [2.75, 3.05) is 54.1 Å². The summed E-state index contributed by atoms with van der Waals surface area (Å²) in [4.78, 5) is 24.9. The predicted octanol–water partition coefficient (Wildman–Crippen LogP) is 10.1. The second-order valence-corrected chi connectivity index (χ2v) is 15.7. The fourth-order valence-corrected chi connectivity index (χ4v) is 5.97. The Bertz CT molecular complexity index is 772. The molecule has 0 aliphatic heterocycles. The van der Waals surface area contributed by atoms with Crippen molar-refractivity contribution in [3.8, 4) is 0 Å². The first-order valence-electron chi connectivity index (χ1n) is 19.4. The molecule has 0 amide bonds. The van der Waals surface area contributed by atoms with Crippen LogP contribution in [-0.4, -0.2) is 70.7 Å². The van der Waals surface area contributed by atoms with E-state index in [1.807, 2.05) is 21.1 Å². The van der Waals surface area contributed by atoms with Crippen LogP contribution in [0.2, 0.25) is 0 Å². The molecule has 0 heterocycles. The summed E-state index contributed by atoms with van der Waals surface area (Å²) >= 11 is 0. The van der Waals surface area contributed by atoms with E-state index in [1.54, 1.807) is 0 Å². The van der Waals surface area contributed by atoms with Crippen molar-refractivity contribution in [2.45, 2.75) is 174 Å². The third-order valence-corrected chi connectivity index (χ3v) is 9.28. The molecule has 0 aliphatic carbocycles. The summed E-state index contributed by atoms with van der Waals surface area (Å²) in [6.07, 6.45) is 32.1. The minimum Gasteiger partial charge on any atom is -0.756 e. The molecule has 0 bridgehead atoms. The zero-order chi connectivity index (χ0) is 34.9. The SMILES string of the molecule is CCCCC/C=C\CCCCCCCCOCC(COP(=O)([O-])OCC[N+](C)(C)C)OC(=O)CCCCCCCCCCCCCC. The van der Waals surface area contributed by atoms with Gasteiger partial charge < -0.3 is 27.9 Å². The summed E-state index contributed by atoms with van der Waals surface area (Å²) in [6, 6.07) is 0. The number of likely N-dealkylation sites (N-methyl/N-ethyl adjacent to an activating group) is 1. The lowest BCUT2D eigenvalue weighted by atomic mass is 10.0. The number of quaternary nitrogens is 1. The number of esters is 1. The van der Waals surface area contributed by atoms with Crippen molar-refractivity contribution >= 4 is 13.8 Å². The molecule has 280 valence electrons. The molecule has 0 saturated heterocycles. The molecule has 47 heavy (non-hydrogen) atoms. The van der Waals surface area contributed by atoms with Crippen molar-refractivity contribution in [3.05, 3.63) is 12.2 Å². The van der Waals surface area contributed by atoms with Gasteiger partial charge in [0.1, 0.15) is 19.3 Å². The monoisotopic (exact) mass is 690 g/mol. The van der Waals surface area contributed by atoms with E-state index >= 15 is 0 Å². The van der Waals surface area contributed by atoms with Crippen LogP contribution in [0.25, 0.3) is 0 Å². The number of phosphoric ester groups is 1. The molecule has 0 N–H and O–H groups in total. The fourth-order valence-electron chi connectivity index (χ4n) is 5.25. The topological polar surface area (TPSA) is 94.1 Å². The number of hydrogen-bond donors (Lipinski definition) is 0. The standard InChI is InChI=1S/C38H76NO7P/c1-6-8-10-12-14-16-18-20-22-24-26-28-30-33-43-35-37(36-45-47(41,42)44-34-32-39(3,4)5)46-38(40)31-29-27-25-23-21-19-17-15-13-11-9-7-2/h14,16,37H,6-13,15,17-36H2,1-5H3/b16-14-. The number of phosphoric acid groups is 1. The minimum atomic E-state index is -4.51. The van der Waals surface area contributed by atoms with Gasteiger partial charge in [-0.2, -0.15) is 0 Å². The molecule has 9 heteroatoms. The number of carbonyl (C=O) groups excluding carboxylic acids is 1. The van der Waals surface area contributed by atoms with E-state index in [1.165, 1.54) is 116 Å². The first-order valence-corrected chi connectivity index (χ1v) is 20.9. The molecule has 0 rings (SSSR count). The minimum absolute atomic E-state index is 0.0277. The number of carbonyl (C=O) groups is 1. The second kappa shape index (κ2) is 32.4. The van der Waals surface area contributed by atoms with E-state index in [2.05, 4.69) is 26.0 Å². The van der Waals surface area contributed by atoms with Gasteiger partial charge in [-0.1, -0.05) is 135 Å². The van der Waals surface area contributed by atoms with Gasteiger partial charge in [-0.3, -0.25) is 9.36 Å². The lowest BCUT2D eigenvalue weighted by molar-refractivity contribution is -0.870. The van der Waals surface area contributed by atoms with Crippen molar-refractivity contribution in [3.63, 3.8) is 0 Å². The average Bonchev–Trinajstić information content (AvgIpc) is 3.01. The van der Waals surface area contributed by atoms with Gasteiger partial charge in [-0.15, -0.1) is 0 Å². The van der Waals surface area contributed by atoms with Crippen LogP contribution in [0, 0.1) is 0 Å². The maximum absolute atomic E-state index is 12.6. The van der Waals surface area contributed by atoms with Crippen molar-refractivity contribution < 1.29 is 37.3 Å². The molecule has 0 spiro atoms. The highest BCUT2D eigenvalue weighted by atomic mass is 31.2. The maximum Gasteiger partial charge on any atom is 0.306 e. The Morgan fingerprint density at radius 3 is 1.66 bits per heavy atom. The lowest BCUT2D eigenvalue weighted by Crippen LogP contribution is -2.37. The van der Waals surface area contributed by atoms with E-state index in [-0.39, 0.29) is 25.8 Å². The molecule has 0 aromatic rings.